The lowest BCUT2D eigenvalue weighted by Gasteiger charge is -2.27. The molecule has 1 aliphatic rings. The Hall–Kier alpha value is -5.84. The standard InChI is InChI=1S/C38H34F5N6O7P/c1-4-21-7-6-8-22(5-2)32(21)49-33(27-19-47(12-11-30(27)46-49)36-44-17-23(18-45-36)38(41,42)43)26-16-29(40)35(55-3)34-25(26)15-24(48(34)37(50)51)13-20-9-10-31(28(39)14-20)56-57(52,53)54/h6-10,14-18H,4-5,11-13,19H2,1-3H3,(H,50,51)(H2,52,53,54). The lowest BCUT2D eigenvalue weighted by atomic mass is 9.96. The van der Waals surface area contributed by atoms with E-state index in [0.717, 1.165) is 33.5 Å². The van der Waals surface area contributed by atoms with E-state index in [-0.39, 0.29) is 52.4 Å². The number of halogens is 5. The van der Waals surface area contributed by atoms with Crippen LogP contribution in [-0.2, 0) is 43.0 Å². The predicted molar refractivity (Wildman–Crippen MR) is 197 cm³/mol. The molecule has 0 amide bonds. The Morgan fingerprint density at radius 1 is 0.982 bits per heavy atom. The number of carbonyl (C=O) groups is 1. The van der Waals surface area contributed by atoms with Gasteiger partial charge in [0, 0.05) is 60.5 Å². The smallest absolute Gasteiger partial charge is 0.492 e. The molecule has 0 bridgehead atoms. The van der Waals surface area contributed by atoms with Crippen LogP contribution in [0.25, 0.3) is 27.8 Å². The van der Waals surface area contributed by atoms with Gasteiger partial charge in [-0.3, -0.25) is 9.79 Å². The Kier molecular flexibility index (Phi) is 10.3. The highest BCUT2D eigenvalue weighted by Gasteiger charge is 2.34. The zero-order valence-corrected chi connectivity index (χ0v) is 31.4. The van der Waals surface area contributed by atoms with Crippen molar-refractivity contribution in [3.05, 3.63) is 112 Å². The molecular formula is C38H34F5N6O7P. The Morgan fingerprint density at radius 2 is 1.67 bits per heavy atom. The number of methoxy groups -OCH3 is 1. The molecule has 3 N–H and O–H groups in total. The molecule has 1 aliphatic heterocycles. The number of anilines is 1. The van der Waals surface area contributed by atoms with E-state index in [9.17, 15) is 32.0 Å². The molecule has 19 heteroatoms. The van der Waals surface area contributed by atoms with Gasteiger partial charge in [0.15, 0.2) is 23.1 Å². The number of aromatic nitrogens is 5. The summed E-state index contributed by atoms with van der Waals surface area (Å²) >= 11 is 0. The Morgan fingerprint density at radius 3 is 2.25 bits per heavy atom. The molecule has 0 unspecified atom stereocenters. The number of para-hydroxylation sites is 1. The van der Waals surface area contributed by atoms with Gasteiger partial charge in [-0.05, 0) is 53.8 Å². The van der Waals surface area contributed by atoms with Crippen LogP contribution < -0.4 is 14.2 Å². The number of nitrogens with zero attached hydrogens (tertiary/aromatic N) is 6. The number of ether oxygens (including phenoxy) is 1. The first kappa shape index (κ1) is 39.4. The van der Waals surface area contributed by atoms with Gasteiger partial charge in [-0.15, -0.1) is 0 Å². The summed E-state index contributed by atoms with van der Waals surface area (Å²) in [4.78, 5) is 41.0. The van der Waals surface area contributed by atoms with Crippen molar-refractivity contribution in [3.63, 3.8) is 0 Å². The molecule has 0 fully saturated rings. The Labute approximate surface area is 321 Å². The molecule has 0 saturated heterocycles. The third kappa shape index (κ3) is 7.43. The quantitative estimate of drug-likeness (QED) is 0.0911. The van der Waals surface area contributed by atoms with Gasteiger partial charge < -0.3 is 19.3 Å². The van der Waals surface area contributed by atoms with E-state index in [1.165, 1.54) is 25.3 Å². The molecule has 7 rings (SSSR count). The Balaban J connectivity index is 1.47. The van der Waals surface area contributed by atoms with E-state index in [1.807, 2.05) is 32.0 Å². The summed E-state index contributed by atoms with van der Waals surface area (Å²) in [6.07, 6.45) is -3.48. The number of rotatable bonds is 10. The molecule has 298 valence electrons. The number of alkyl halides is 3. The van der Waals surface area contributed by atoms with Gasteiger partial charge in [-0.2, -0.15) is 18.3 Å². The number of carboxylic acid groups (broad SMARTS) is 1. The SMILES string of the molecule is CCc1cccc(CC)c1-n1nc2c(c1-c1cc(F)c(OC)c3c1cc(Cc1ccc(OP(=O)(O)O)c(F)c1)n3C(=O)O)CN(c1ncc(C(F)(F)F)cn1)CC2. The molecule has 6 aromatic rings. The van der Waals surface area contributed by atoms with E-state index in [1.54, 1.807) is 9.58 Å². The minimum atomic E-state index is -5.09. The molecule has 3 aromatic heterocycles. The van der Waals surface area contributed by atoms with Crippen LogP contribution in [0.3, 0.4) is 0 Å². The number of hydrogen-bond donors (Lipinski definition) is 3. The maximum Gasteiger partial charge on any atom is 0.524 e. The maximum atomic E-state index is 16.4. The fourth-order valence-corrected chi connectivity index (χ4v) is 7.69. The number of fused-ring (bicyclic) bond motifs is 2. The molecule has 13 nitrogen and oxygen atoms in total. The van der Waals surface area contributed by atoms with E-state index in [0.29, 0.717) is 55.2 Å². The van der Waals surface area contributed by atoms with Crippen molar-refractivity contribution in [2.45, 2.75) is 52.3 Å². The highest BCUT2D eigenvalue weighted by molar-refractivity contribution is 7.46. The minimum Gasteiger partial charge on any atom is -0.492 e. The first-order chi connectivity index (χ1) is 27.0. The zero-order chi connectivity index (χ0) is 41.0. The monoisotopic (exact) mass is 812 g/mol. The number of phosphoric ester groups is 1. The third-order valence-corrected chi connectivity index (χ3v) is 10.2. The van der Waals surface area contributed by atoms with Gasteiger partial charge in [0.25, 0.3) is 0 Å². The molecular weight excluding hydrogens is 778 g/mol. The van der Waals surface area contributed by atoms with Gasteiger partial charge in [-0.1, -0.05) is 38.1 Å². The fourth-order valence-electron chi connectivity index (χ4n) is 7.28. The normalized spacial score (nSPS) is 13.3. The van der Waals surface area contributed by atoms with Crippen molar-refractivity contribution in [2.24, 2.45) is 0 Å². The van der Waals surface area contributed by atoms with Crippen LogP contribution in [0.2, 0.25) is 0 Å². The van der Waals surface area contributed by atoms with Crippen LogP contribution in [0.5, 0.6) is 11.5 Å². The zero-order valence-electron chi connectivity index (χ0n) is 30.5. The van der Waals surface area contributed by atoms with Gasteiger partial charge in [0.2, 0.25) is 5.95 Å². The lowest BCUT2D eigenvalue weighted by molar-refractivity contribution is -0.138. The third-order valence-electron chi connectivity index (χ3n) is 9.78. The van der Waals surface area contributed by atoms with Crippen LogP contribution in [-0.4, -0.2) is 59.0 Å². The average Bonchev–Trinajstić information content (AvgIpc) is 3.73. The van der Waals surface area contributed by atoms with Crippen LogP contribution >= 0.6 is 7.82 Å². The number of hydrogen-bond acceptors (Lipinski definition) is 8. The van der Waals surface area contributed by atoms with Crippen LogP contribution in [0, 0.1) is 11.6 Å². The van der Waals surface area contributed by atoms with Crippen molar-refractivity contribution >= 4 is 30.8 Å². The molecule has 3 aromatic carbocycles. The highest BCUT2D eigenvalue weighted by atomic mass is 31.2. The summed E-state index contributed by atoms with van der Waals surface area (Å²) in [6, 6.07) is 11.8. The van der Waals surface area contributed by atoms with Crippen molar-refractivity contribution < 1.29 is 55.5 Å². The summed E-state index contributed by atoms with van der Waals surface area (Å²) < 4.78 is 95.1. The average molecular weight is 813 g/mol. The number of aryl methyl sites for hydroxylation is 2. The summed E-state index contributed by atoms with van der Waals surface area (Å²) in [5.41, 5.74) is 3.47. The van der Waals surface area contributed by atoms with E-state index in [4.69, 9.17) is 19.6 Å². The van der Waals surface area contributed by atoms with Gasteiger partial charge in [0.1, 0.15) is 5.52 Å². The first-order valence-electron chi connectivity index (χ1n) is 17.6. The maximum absolute atomic E-state index is 16.4. The van der Waals surface area contributed by atoms with Gasteiger partial charge in [-0.25, -0.2) is 37.4 Å². The number of phosphoric acid groups is 1. The predicted octanol–water partition coefficient (Wildman–Crippen LogP) is 7.87. The molecule has 4 heterocycles. The summed E-state index contributed by atoms with van der Waals surface area (Å²) in [6.45, 7) is 4.30. The summed E-state index contributed by atoms with van der Waals surface area (Å²) in [5, 5.41) is 15.9. The molecule has 0 aliphatic carbocycles. The molecule has 57 heavy (non-hydrogen) atoms. The van der Waals surface area contributed by atoms with Crippen LogP contribution in [0.15, 0.2) is 60.9 Å². The van der Waals surface area contributed by atoms with Crippen LogP contribution in [0.1, 0.15) is 53.1 Å². The minimum absolute atomic E-state index is 0.0328. The summed E-state index contributed by atoms with van der Waals surface area (Å²) in [7, 11) is -3.90. The van der Waals surface area contributed by atoms with Gasteiger partial charge >= 0.3 is 20.1 Å². The van der Waals surface area contributed by atoms with E-state index in [2.05, 4.69) is 14.5 Å². The molecule has 0 saturated carbocycles. The van der Waals surface area contributed by atoms with E-state index >= 15 is 4.39 Å². The first-order valence-corrected chi connectivity index (χ1v) is 19.1. The van der Waals surface area contributed by atoms with Crippen molar-refractivity contribution in [1.82, 2.24) is 24.3 Å². The largest absolute Gasteiger partial charge is 0.524 e. The van der Waals surface area contributed by atoms with E-state index < -0.39 is 43.0 Å². The molecule has 0 radical (unpaired) electrons. The number of benzene rings is 3. The second-order valence-electron chi connectivity index (χ2n) is 13.2. The fraction of sp³-hybridized carbons (Fsp3) is 0.263. The second-order valence-corrected chi connectivity index (χ2v) is 14.4. The van der Waals surface area contributed by atoms with Crippen LogP contribution in [0.4, 0.5) is 32.7 Å². The molecule has 0 atom stereocenters. The topological polar surface area (TPSA) is 165 Å². The highest BCUT2D eigenvalue weighted by Crippen LogP contribution is 2.44. The lowest BCUT2D eigenvalue weighted by Crippen LogP contribution is -2.31. The second kappa shape index (κ2) is 14.9. The van der Waals surface area contributed by atoms with Crippen molar-refractivity contribution in [2.75, 3.05) is 18.6 Å². The van der Waals surface area contributed by atoms with Gasteiger partial charge in [0.05, 0.1) is 29.7 Å². The van der Waals surface area contributed by atoms with Crippen molar-refractivity contribution in [3.8, 4) is 28.4 Å². The summed E-state index contributed by atoms with van der Waals surface area (Å²) in [5.74, 6) is -3.09. The van der Waals surface area contributed by atoms with Crippen molar-refractivity contribution in [1.29, 1.82) is 0 Å². The Bertz CT molecular complexity index is 2560. The molecule has 0 spiro atoms.